The van der Waals surface area contributed by atoms with Crippen molar-refractivity contribution in [2.75, 3.05) is 7.05 Å². The molecule has 6 heteroatoms. The molecule has 1 rings (SSSR count). The summed E-state index contributed by atoms with van der Waals surface area (Å²) >= 11 is 3.15. The van der Waals surface area contributed by atoms with Gasteiger partial charge < -0.3 is 4.90 Å². The van der Waals surface area contributed by atoms with Gasteiger partial charge in [0.1, 0.15) is 0 Å². The van der Waals surface area contributed by atoms with Gasteiger partial charge in [0, 0.05) is 17.6 Å². The summed E-state index contributed by atoms with van der Waals surface area (Å²) in [5.74, 6) is -0.0127. The standard InChI is InChI=1S/C15H19BrF3NO/c1-9(2)7-10(3)20(4)14(21)12-8-11(15(17,18)19)5-6-13(12)16/h5-6,8-10H,7H2,1-4H3. The van der Waals surface area contributed by atoms with Gasteiger partial charge >= 0.3 is 6.18 Å². The Balaban J connectivity index is 3.06. The number of hydrogen-bond donors (Lipinski definition) is 0. The minimum absolute atomic E-state index is 0.0305. The van der Waals surface area contributed by atoms with E-state index in [-0.39, 0.29) is 11.6 Å². The van der Waals surface area contributed by atoms with Crippen LogP contribution in [0.25, 0.3) is 0 Å². The van der Waals surface area contributed by atoms with Crippen molar-refractivity contribution >= 4 is 21.8 Å². The van der Waals surface area contributed by atoms with Crippen LogP contribution in [0.3, 0.4) is 0 Å². The van der Waals surface area contributed by atoms with Crippen molar-refractivity contribution in [3.8, 4) is 0 Å². The Morgan fingerprint density at radius 2 is 1.86 bits per heavy atom. The SMILES string of the molecule is CC(C)CC(C)N(C)C(=O)c1cc(C(F)(F)F)ccc1Br. The lowest BCUT2D eigenvalue weighted by molar-refractivity contribution is -0.137. The Bertz CT molecular complexity index is 514. The average Bonchev–Trinajstić information content (AvgIpc) is 2.35. The molecule has 0 aliphatic carbocycles. The third kappa shape index (κ3) is 4.73. The number of alkyl halides is 3. The Hall–Kier alpha value is -1.04. The van der Waals surface area contributed by atoms with Crippen LogP contribution in [-0.2, 0) is 6.18 Å². The molecular weight excluding hydrogens is 347 g/mol. The van der Waals surface area contributed by atoms with E-state index >= 15 is 0 Å². The number of carbonyl (C=O) groups is 1. The third-order valence-corrected chi connectivity index (χ3v) is 4.01. The number of hydrogen-bond acceptors (Lipinski definition) is 1. The van der Waals surface area contributed by atoms with Crippen LogP contribution in [0.1, 0.15) is 43.1 Å². The molecule has 0 spiro atoms. The molecule has 0 N–H and O–H groups in total. The lowest BCUT2D eigenvalue weighted by atomic mass is 10.0. The van der Waals surface area contributed by atoms with Crippen LogP contribution < -0.4 is 0 Å². The van der Waals surface area contributed by atoms with Gasteiger partial charge in [-0.15, -0.1) is 0 Å². The minimum Gasteiger partial charge on any atom is -0.339 e. The monoisotopic (exact) mass is 365 g/mol. The second kappa shape index (κ2) is 6.81. The molecule has 1 aromatic rings. The molecule has 1 aromatic carbocycles. The van der Waals surface area contributed by atoms with Gasteiger partial charge in [-0.1, -0.05) is 13.8 Å². The Kier molecular flexibility index (Phi) is 5.84. The van der Waals surface area contributed by atoms with E-state index in [4.69, 9.17) is 0 Å². The summed E-state index contributed by atoms with van der Waals surface area (Å²) < 4.78 is 38.6. The van der Waals surface area contributed by atoms with Crippen molar-refractivity contribution in [3.05, 3.63) is 33.8 Å². The summed E-state index contributed by atoms with van der Waals surface area (Å²) in [5.41, 5.74) is -0.790. The zero-order valence-electron chi connectivity index (χ0n) is 12.5. The quantitative estimate of drug-likeness (QED) is 0.737. The van der Waals surface area contributed by atoms with E-state index in [2.05, 4.69) is 15.9 Å². The van der Waals surface area contributed by atoms with Crippen LogP contribution in [0, 0.1) is 5.92 Å². The zero-order chi connectivity index (χ0) is 16.4. The van der Waals surface area contributed by atoms with Gasteiger partial charge in [-0.2, -0.15) is 13.2 Å². The smallest absolute Gasteiger partial charge is 0.339 e. The molecule has 0 heterocycles. The van der Waals surface area contributed by atoms with E-state index in [0.717, 1.165) is 18.6 Å². The number of rotatable bonds is 4. The topological polar surface area (TPSA) is 20.3 Å². The van der Waals surface area contributed by atoms with Crippen molar-refractivity contribution in [2.24, 2.45) is 5.92 Å². The highest BCUT2D eigenvalue weighted by Crippen LogP contribution is 2.32. The van der Waals surface area contributed by atoms with Gasteiger partial charge in [-0.3, -0.25) is 4.79 Å². The highest BCUT2D eigenvalue weighted by molar-refractivity contribution is 9.10. The highest BCUT2D eigenvalue weighted by Gasteiger charge is 2.32. The van der Waals surface area contributed by atoms with Crippen LogP contribution in [-0.4, -0.2) is 23.9 Å². The van der Waals surface area contributed by atoms with E-state index in [9.17, 15) is 18.0 Å². The van der Waals surface area contributed by atoms with E-state index in [1.54, 1.807) is 7.05 Å². The van der Waals surface area contributed by atoms with Crippen molar-refractivity contribution < 1.29 is 18.0 Å². The molecule has 2 nitrogen and oxygen atoms in total. The number of halogens is 4. The number of carbonyl (C=O) groups excluding carboxylic acids is 1. The van der Waals surface area contributed by atoms with Gasteiger partial charge in [0.2, 0.25) is 0 Å². The Morgan fingerprint density at radius 3 is 2.33 bits per heavy atom. The first kappa shape index (κ1) is 18.0. The molecule has 0 aliphatic heterocycles. The van der Waals surface area contributed by atoms with Crippen molar-refractivity contribution in [1.29, 1.82) is 0 Å². The fourth-order valence-electron chi connectivity index (χ4n) is 2.10. The molecule has 21 heavy (non-hydrogen) atoms. The predicted octanol–water partition coefficient (Wildman–Crippen LogP) is 4.97. The summed E-state index contributed by atoms with van der Waals surface area (Å²) in [6.07, 6.45) is -3.67. The molecule has 1 atom stereocenters. The van der Waals surface area contributed by atoms with Gasteiger partial charge in [-0.05, 0) is 53.4 Å². The molecule has 0 radical (unpaired) electrons. The first-order chi connectivity index (χ1) is 9.54. The summed E-state index contributed by atoms with van der Waals surface area (Å²) in [5, 5.41) is 0. The molecule has 0 saturated carbocycles. The van der Waals surface area contributed by atoms with Crippen LogP contribution in [0.4, 0.5) is 13.2 Å². The summed E-state index contributed by atoms with van der Waals surface area (Å²) in [7, 11) is 1.61. The fourth-order valence-corrected chi connectivity index (χ4v) is 2.51. The van der Waals surface area contributed by atoms with Crippen molar-refractivity contribution in [3.63, 3.8) is 0 Å². The highest BCUT2D eigenvalue weighted by atomic mass is 79.9. The van der Waals surface area contributed by atoms with Gasteiger partial charge in [0.05, 0.1) is 11.1 Å². The second-order valence-corrected chi connectivity index (χ2v) is 6.44. The fraction of sp³-hybridized carbons (Fsp3) is 0.533. The van der Waals surface area contributed by atoms with E-state index in [1.807, 2.05) is 20.8 Å². The molecule has 0 aromatic heterocycles. The molecule has 0 bridgehead atoms. The minimum atomic E-state index is -4.46. The Morgan fingerprint density at radius 1 is 1.29 bits per heavy atom. The summed E-state index contributed by atoms with van der Waals surface area (Å²) in [4.78, 5) is 13.9. The first-order valence-corrected chi connectivity index (χ1v) is 7.47. The number of amides is 1. The van der Waals surface area contributed by atoms with Crippen LogP contribution in [0.15, 0.2) is 22.7 Å². The average molecular weight is 366 g/mol. The zero-order valence-corrected chi connectivity index (χ0v) is 14.0. The van der Waals surface area contributed by atoms with E-state index in [0.29, 0.717) is 10.4 Å². The predicted molar refractivity (Wildman–Crippen MR) is 80.2 cm³/mol. The molecular formula is C15H19BrF3NO. The largest absolute Gasteiger partial charge is 0.416 e. The van der Waals surface area contributed by atoms with Crippen LogP contribution >= 0.6 is 15.9 Å². The summed E-state index contributed by atoms with van der Waals surface area (Å²) in [6.45, 7) is 5.96. The maximum Gasteiger partial charge on any atom is 0.416 e. The molecule has 118 valence electrons. The van der Waals surface area contributed by atoms with E-state index in [1.165, 1.54) is 11.0 Å². The first-order valence-electron chi connectivity index (χ1n) is 6.68. The molecule has 1 amide bonds. The third-order valence-electron chi connectivity index (χ3n) is 3.32. The van der Waals surface area contributed by atoms with Gasteiger partial charge in [-0.25, -0.2) is 0 Å². The number of nitrogens with zero attached hydrogens (tertiary/aromatic N) is 1. The second-order valence-electron chi connectivity index (χ2n) is 5.59. The molecule has 1 unspecified atom stereocenters. The normalized spacial score (nSPS) is 13.4. The van der Waals surface area contributed by atoms with E-state index < -0.39 is 17.6 Å². The van der Waals surface area contributed by atoms with Gasteiger partial charge in [0.25, 0.3) is 5.91 Å². The lowest BCUT2D eigenvalue weighted by Crippen LogP contribution is -2.36. The molecule has 0 fully saturated rings. The van der Waals surface area contributed by atoms with Crippen molar-refractivity contribution in [1.82, 2.24) is 4.90 Å². The van der Waals surface area contributed by atoms with Crippen LogP contribution in [0.2, 0.25) is 0 Å². The summed E-state index contributed by atoms with van der Waals surface area (Å²) in [6, 6.07) is 3.07. The Labute approximate surface area is 131 Å². The van der Waals surface area contributed by atoms with Gasteiger partial charge in [0.15, 0.2) is 0 Å². The lowest BCUT2D eigenvalue weighted by Gasteiger charge is -2.27. The molecule has 0 aliphatic rings. The maximum atomic E-state index is 12.8. The van der Waals surface area contributed by atoms with Crippen molar-refractivity contribution in [2.45, 2.75) is 39.4 Å². The molecule has 0 saturated heterocycles. The number of benzene rings is 1. The van der Waals surface area contributed by atoms with Crippen LogP contribution in [0.5, 0.6) is 0 Å². The maximum absolute atomic E-state index is 12.8.